The quantitative estimate of drug-likeness (QED) is 0.726. The summed E-state index contributed by atoms with van der Waals surface area (Å²) in [6, 6.07) is 5.58. The first-order valence-corrected chi connectivity index (χ1v) is 4.19. The van der Waals surface area contributed by atoms with E-state index in [-0.39, 0.29) is 5.92 Å². The number of rotatable bonds is 2. The van der Waals surface area contributed by atoms with E-state index < -0.39 is 5.60 Å². The van der Waals surface area contributed by atoms with Gasteiger partial charge >= 0.3 is 0 Å². The molecule has 1 aromatic heterocycles. The first kappa shape index (κ1) is 9.20. The maximum atomic E-state index is 10.0. The Hall–Kier alpha value is -0.890. The molecule has 1 N–H and O–H groups in total. The summed E-state index contributed by atoms with van der Waals surface area (Å²) >= 11 is 0. The molecule has 0 fully saturated rings. The molecular formula is C10H15NO. The Balaban J connectivity index is 2.98. The molecule has 66 valence electrons. The van der Waals surface area contributed by atoms with E-state index in [4.69, 9.17) is 0 Å². The normalized spacial score (nSPS) is 16.1. The van der Waals surface area contributed by atoms with Crippen molar-refractivity contribution < 1.29 is 5.11 Å². The average Bonchev–Trinajstić information content (AvgIpc) is 2.06. The van der Waals surface area contributed by atoms with Gasteiger partial charge in [-0.2, -0.15) is 0 Å². The molecule has 1 heterocycles. The van der Waals surface area contributed by atoms with Gasteiger partial charge in [0.15, 0.2) is 0 Å². The van der Waals surface area contributed by atoms with Crippen LogP contribution in [0.1, 0.15) is 26.5 Å². The molecule has 1 atom stereocenters. The van der Waals surface area contributed by atoms with Crippen LogP contribution in [0.2, 0.25) is 0 Å². The summed E-state index contributed by atoms with van der Waals surface area (Å²) in [4.78, 5) is 4.12. The van der Waals surface area contributed by atoms with Crippen LogP contribution in [-0.2, 0) is 5.60 Å². The highest BCUT2D eigenvalue weighted by molar-refractivity contribution is 5.12. The number of aromatic nitrogens is 1. The zero-order valence-corrected chi connectivity index (χ0v) is 7.78. The summed E-state index contributed by atoms with van der Waals surface area (Å²) in [6.45, 7) is 5.75. The number of nitrogens with zero attached hydrogens (tertiary/aromatic N) is 1. The lowest BCUT2D eigenvalue weighted by molar-refractivity contribution is 0.00488. The SMILES string of the molecule is CC(C)C(C)(O)c1ccccn1. The zero-order chi connectivity index (χ0) is 9.19. The van der Waals surface area contributed by atoms with Crippen LogP contribution in [0.25, 0.3) is 0 Å². The Labute approximate surface area is 73.3 Å². The minimum Gasteiger partial charge on any atom is -0.384 e. The van der Waals surface area contributed by atoms with Gasteiger partial charge in [0.05, 0.1) is 5.69 Å². The van der Waals surface area contributed by atoms with E-state index >= 15 is 0 Å². The molecule has 0 aliphatic carbocycles. The van der Waals surface area contributed by atoms with Gasteiger partial charge in [-0.05, 0) is 25.0 Å². The van der Waals surface area contributed by atoms with Crippen molar-refractivity contribution in [1.29, 1.82) is 0 Å². The Morgan fingerprint density at radius 2 is 2.08 bits per heavy atom. The molecule has 0 aromatic carbocycles. The molecule has 0 saturated carbocycles. The third-order valence-electron chi connectivity index (χ3n) is 2.31. The average molecular weight is 165 g/mol. The van der Waals surface area contributed by atoms with E-state index in [0.717, 1.165) is 5.69 Å². The third-order valence-corrected chi connectivity index (χ3v) is 2.31. The van der Waals surface area contributed by atoms with Crippen molar-refractivity contribution in [3.8, 4) is 0 Å². The molecule has 1 rings (SSSR count). The van der Waals surface area contributed by atoms with Crippen molar-refractivity contribution >= 4 is 0 Å². The fourth-order valence-electron chi connectivity index (χ4n) is 0.958. The first-order valence-electron chi connectivity index (χ1n) is 4.19. The summed E-state index contributed by atoms with van der Waals surface area (Å²) in [7, 11) is 0. The van der Waals surface area contributed by atoms with E-state index in [0.29, 0.717) is 0 Å². The van der Waals surface area contributed by atoms with Crippen molar-refractivity contribution in [2.45, 2.75) is 26.4 Å². The lowest BCUT2D eigenvalue weighted by Crippen LogP contribution is -2.28. The van der Waals surface area contributed by atoms with E-state index in [1.807, 2.05) is 32.0 Å². The van der Waals surface area contributed by atoms with Crippen molar-refractivity contribution in [3.05, 3.63) is 30.1 Å². The second kappa shape index (κ2) is 3.23. The van der Waals surface area contributed by atoms with Crippen LogP contribution in [0.5, 0.6) is 0 Å². The number of hydrogen-bond donors (Lipinski definition) is 1. The summed E-state index contributed by atoms with van der Waals surface area (Å²) in [6.07, 6.45) is 1.70. The number of pyridine rings is 1. The molecule has 2 nitrogen and oxygen atoms in total. The minimum atomic E-state index is -0.818. The predicted octanol–water partition coefficient (Wildman–Crippen LogP) is 1.95. The van der Waals surface area contributed by atoms with Crippen LogP contribution >= 0.6 is 0 Å². The molecule has 12 heavy (non-hydrogen) atoms. The second-order valence-corrected chi connectivity index (χ2v) is 3.52. The Bertz CT molecular complexity index is 241. The van der Waals surface area contributed by atoms with Crippen molar-refractivity contribution in [1.82, 2.24) is 4.98 Å². The van der Waals surface area contributed by atoms with Gasteiger partial charge in [-0.25, -0.2) is 0 Å². The summed E-state index contributed by atoms with van der Waals surface area (Å²) in [5.74, 6) is 0.174. The van der Waals surface area contributed by atoms with Gasteiger partial charge < -0.3 is 5.11 Å². The second-order valence-electron chi connectivity index (χ2n) is 3.52. The molecule has 1 unspecified atom stereocenters. The molecule has 0 spiro atoms. The molecule has 2 heteroatoms. The lowest BCUT2D eigenvalue weighted by atomic mass is 9.89. The highest BCUT2D eigenvalue weighted by Gasteiger charge is 2.27. The molecule has 0 aliphatic rings. The van der Waals surface area contributed by atoms with Crippen LogP contribution in [-0.4, -0.2) is 10.1 Å². The number of aliphatic hydroxyl groups is 1. The highest BCUT2D eigenvalue weighted by atomic mass is 16.3. The summed E-state index contributed by atoms with van der Waals surface area (Å²) in [5, 5.41) is 10.0. The monoisotopic (exact) mass is 165 g/mol. The molecule has 0 bridgehead atoms. The van der Waals surface area contributed by atoms with Crippen LogP contribution in [0.15, 0.2) is 24.4 Å². The summed E-state index contributed by atoms with van der Waals surface area (Å²) in [5.41, 5.74) is -0.0821. The first-order chi connectivity index (χ1) is 5.55. The van der Waals surface area contributed by atoms with E-state index in [1.54, 1.807) is 13.1 Å². The Morgan fingerprint density at radius 1 is 1.42 bits per heavy atom. The van der Waals surface area contributed by atoms with E-state index in [1.165, 1.54) is 0 Å². The van der Waals surface area contributed by atoms with Crippen molar-refractivity contribution in [3.63, 3.8) is 0 Å². The Morgan fingerprint density at radius 3 is 2.50 bits per heavy atom. The molecular weight excluding hydrogens is 150 g/mol. The van der Waals surface area contributed by atoms with Gasteiger partial charge in [-0.1, -0.05) is 19.9 Å². The van der Waals surface area contributed by atoms with Gasteiger partial charge in [0, 0.05) is 6.20 Å². The topological polar surface area (TPSA) is 33.1 Å². The van der Waals surface area contributed by atoms with Gasteiger partial charge in [-0.15, -0.1) is 0 Å². The zero-order valence-electron chi connectivity index (χ0n) is 7.78. The van der Waals surface area contributed by atoms with E-state index in [9.17, 15) is 5.11 Å². The van der Waals surface area contributed by atoms with Gasteiger partial charge in [-0.3, -0.25) is 4.98 Å². The largest absolute Gasteiger partial charge is 0.384 e. The molecule has 0 aliphatic heterocycles. The highest BCUT2D eigenvalue weighted by Crippen LogP contribution is 2.26. The molecule has 1 aromatic rings. The van der Waals surface area contributed by atoms with Crippen molar-refractivity contribution in [2.24, 2.45) is 5.92 Å². The standard InChI is InChI=1S/C10H15NO/c1-8(2)10(3,12)9-6-4-5-7-11-9/h4-8,12H,1-3H3. The lowest BCUT2D eigenvalue weighted by Gasteiger charge is -2.26. The van der Waals surface area contributed by atoms with Gasteiger partial charge in [0.1, 0.15) is 5.60 Å². The van der Waals surface area contributed by atoms with E-state index in [2.05, 4.69) is 4.98 Å². The fourth-order valence-corrected chi connectivity index (χ4v) is 0.958. The summed E-state index contributed by atoms with van der Waals surface area (Å²) < 4.78 is 0. The molecule has 0 saturated heterocycles. The van der Waals surface area contributed by atoms with Crippen molar-refractivity contribution in [2.75, 3.05) is 0 Å². The molecule has 0 amide bonds. The fraction of sp³-hybridized carbons (Fsp3) is 0.500. The maximum Gasteiger partial charge on any atom is 0.106 e. The maximum absolute atomic E-state index is 10.0. The predicted molar refractivity (Wildman–Crippen MR) is 48.6 cm³/mol. The molecule has 0 radical (unpaired) electrons. The van der Waals surface area contributed by atoms with Crippen LogP contribution in [0, 0.1) is 5.92 Å². The number of hydrogen-bond acceptors (Lipinski definition) is 2. The smallest absolute Gasteiger partial charge is 0.106 e. The minimum absolute atomic E-state index is 0.174. The third kappa shape index (κ3) is 1.64. The van der Waals surface area contributed by atoms with Crippen LogP contribution in [0.4, 0.5) is 0 Å². The van der Waals surface area contributed by atoms with Crippen LogP contribution < -0.4 is 0 Å². The van der Waals surface area contributed by atoms with Crippen LogP contribution in [0.3, 0.4) is 0 Å². The van der Waals surface area contributed by atoms with Gasteiger partial charge in [0.2, 0.25) is 0 Å². The Kier molecular flexibility index (Phi) is 2.48. The van der Waals surface area contributed by atoms with Gasteiger partial charge in [0.25, 0.3) is 0 Å².